The number of nitrogens with zero attached hydrogens (tertiary/aromatic N) is 2. The predicted octanol–water partition coefficient (Wildman–Crippen LogP) is 2.23. The van der Waals surface area contributed by atoms with Gasteiger partial charge in [0.1, 0.15) is 0 Å². The molecule has 70 valence electrons. The third-order valence-electron chi connectivity index (χ3n) is 1.95. The van der Waals surface area contributed by atoms with Crippen LogP contribution in [0, 0.1) is 13.8 Å². The molecule has 0 spiro atoms. The molecule has 0 N–H and O–H groups in total. The molecular weight excluding hydrogens is 160 g/mol. The molecule has 2 nitrogen and oxygen atoms in total. The monoisotopic (exact) mass is 176 g/mol. The van der Waals surface area contributed by atoms with E-state index in [2.05, 4.69) is 23.7 Å². The summed E-state index contributed by atoms with van der Waals surface area (Å²) in [6, 6.07) is 4.10. The molecule has 0 aliphatic heterocycles. The van der Waals surface area contributed by atoms with Crippen molar-refractivity contribution in [3.8, 4) is 0 Å². The van der Waals surface area contributed by atoms with Crippen LogP contribution in [-0.2, 0) is 0 Å². The Kier molecular flexibility index (Phi) is 2.71. The zero-order valence-corrected chi connectivity index (χ0v) is 8.76. The van der Waals surface area contributed by atoms with Crippen LogP contribution in [0.4, 0.5) is 0 Å². The molecule has 0 radical (unpaired) electrons. The molecule has 0 saturated heterocycles. The first-order valence-electron chi connectivity index (χ1n) is 4.32. The third kappa shape index (κ3) is 2.31. The van der Waals surface area contributed by atoms with E-state index in [-0.39, 0.29) is 0 Å². The smallest absolute Gasteiger partial charge is 0.0382 e. The Morgan fingerprint density at radius 3 is 2.08 bits per heavy atom. The summed E-state index contributed by atoms with van der Waals surface area (Å²) in [5, 5.41) is 0. The highest BCUT2D eigenvalue weighted by molar-refractivity contribution is 5.61. The lowest BCUT2D eigenvalue weighted by Crippen LogP contribution is -2.09. The Morgan fingerprint density at radius 1 is 1.23 bits per heavy atom. The lowest BCUT2D eigenvalue weighted by molar-refractivity contribution is 0.593. The van der Waals surface area contributed by atoms with Crippen molar-refractivity contribution < 1.29 is 0 Å². The van der Waals surface area contributed by atoms with E-state index in [0.717, 1.165) is 22.6 Å². The molecule has 1 aromatic heterocycles. The van der Waals surface area contributed by atoms with Gasteiger partial charge in [0.25, 0.3) is 0 Å². The van der Waals surface area contributed by atoms with E-state index in [1.807, 2.05) is 32.8 Å². The number of hydrogen-bond acceptors (Lipinski definition) is 2. The molecule has 1 rings (SSSR count). The van der Waals surface area contributed by atoms with Gasteiger partial charge in [0.2, 0.25) is 0 Å². The summed E-state index contributed by atoms with van der Waals surface area (Å²) in [5.41, 5.74) is 4.25. The second-order valence-corrected chi connectivity index (χ2v) is 3.48. The van der Waals surface area contributed by atoms with Crippen molar-refractivity contribution in [1.82, 2.24) is 9.88 Å². The van der Waals surface area contributed by atoms with E-state index in [0.29, 0.717) is 0 Å². The normalized spacial score (nSPS) is 9.85. The molecular formula is C11H16N2. The van der Waals surface area contributed by atoms with E-state index >= 15 is 0 Å². The van der Waals surface area contributed by atoms with Crippen LogP contribution in [0.15, 0.2) is 18.7 Å². The number of rotatable bonds is 2. The first-order chi connectivity index (χ1) is 6.00. The highest BCUT2D eigenvalue weighted by Crippen LogP contribution is 2.15. The van der Waals surface area contributed by atoms with Crippen molar-refractivity contribution in [3.63, 3.8) is 0 Å². The van der Waals surface area contributed by atoms with Gasteiger partial charge >= 0.3 is 0 Å². The van der Waals surface area contributed by atoms with E-state index in [4.69, 9.17) is 0 Å². The van der Waals surface area contributed by atoms with Gasteiger partial charge in [0.15, 0.2) is 0 Å². The van der Waals surface area contributed by atoms with Gasteiger partial charge in [-0.2, -0.15) is 0 Å². The molecule has 0 amide bonds. The summed E-state index contributed by atoms with van der Waals surface area (Å²) in [6.07, 6.45) is 0. The van der Waals surface area contributed by atoms with Gasteiger partial charge in [0, 0.05) is 36.7 Å². The molecule has 0 fully saturated rings. The summed E-state index contributed by atoms with van der Waals surface area (Å²) < 4.78 is 0. The van der Waals surface area contributed by atoms with Crippen molar-refractivity contribution in [2.75, 3.05) is 14.1 Å². The average molecular weight is 176 g/mol. The Labute approximate surface area is 79.9 Å². The van der Waals surface area contributed by atoms with Gasteiger partial charge in [0.05, 0.1) is 0 Å². The molecule has 1 heterocycles. The summed E-state index contributed by atoms with van der Waals surface area (Å²) in [6.45, 7) is 8.00. The van der Waals surface area contributed by atoms with Crippen LogP contribution in [0.2, 0.25) is 0 Å². The first-order valence-corrected chi connectivity index (χ1v) is 4.32. The summed E-state index contributed by atoms with van der Waals surface area (Å²) in [4.78, 5) is 6.32. The third-order valence-corrected chi connectivity index (χ3v) is 1.95. The van der Waals surface area contributed by atoms with Gasteiger partial charge < -0.3 is 4.90 Å². The maximum atomic E-state index is 4.32. The fourth-order valence-electron chi connectivity index (χ4n) is 1.26. The number of pyridine rings is 1. The molecule has 0 aromatic carbocycles. The number of aromatic nitrogens is 1. The fraction of sp³-hybridized carbons (Fsp3) is 0.364. The molecule has 0 atom stereocenters. The van der Waals surface area contributed by atoms with Crippen molar-refractivity contribution in [3.05, 3.63) is 35.7 Å². The number of hydrogen-bond donors (Lipinski definition) is 0. The average Bonchev–Trinajstić information content (AvgIpc) is 2.01. The maximum Gasteiger partial charge on any atom is 0.0382 e. The Hall–Kier alpha value is -1.31. The van der Waals surface area contributed by atoms with Gasteiger partial charge in [-0.25, -0.2) is 0 Å². The van der Waals surface area contributed by atoms with Crippen molar-refractivity contribution in [2.24, 2.45) is 0 Å². The molecule has 0 unspecified atom stereocenters. The van der Waals surface area contributed by atoms with Crippen LogP contribution >= 0.6 is 0 Å². The summed E-state index contributed by atoms with van der Waals surface area (Å²) in [7, 11) is 3.99. The van der Waals surface area contributed by atoms with Crippen molar-refractivity contribution in [1.29, 1.82) is 0 Å². The van der Waals surface area contributed by atoms with Gasteiger partial charge in [-0.3, -0.25) is 4.98 Å². The summed E-state index contributed by atoms with van der Waals surface area (Å²) >= 11 is 0. The zero-order chi connectivity index (χ0) is 10.0. The van der Waals surface area contributed by atoms with Gasteiger partial charge in [-0.05, 0) is 26.0 Å². The Morgan fingerprint density at radius 2 is 1.69 bits per heavy atom. The summed E-state index contributed by atoms with van der Waals surface area (Å²) in [5.74, 6) is 0. The van der Waals surface area contributed by atoms with Crippen LogP contribution in [0.25, 0.3) is 5.70 Å². The predicted molar refractivity (Wildman–Crippen MR) is 56.4 cm³/mol. The minimum absolute atomic E-state index is 1.02. The second kappa shape index (κ2) is 3.60. The Balaban J connectivity index is 3.08. The minimum atomic E-state index is 1.02. The van der Waals surface area contributed by atoms with E-state index in [9.17, 15) is 0 Å². The molecule has 0 bridgehead atoms. The molecule has 13 heavy (non-hydrogen) atoms. The van der Waals surface area contributed by atoms with Gasteiger partial charge in [-0.1, -0.05) is 6.58 Å². The molecule has 0 aliphatic carbocycles. The SMILES string of the molecule is C=C(c1cc(C)nc(C)c1)N(C)C. The van der Waals surface area contributed by atoms with Crippen LogP contribution in [-0.4, -0.2) is 24.0 Å². The number of aryl methyl sites for hydroxylation is 2. The highest BCUT2D eigenvalue weighted by atomic mass is 15.1. The molecule has 1 aromatic rings. The largest absolute Gasteiger partial charge is 0.378 e. The lowest BCUT2D eigenvalue weighted by atomic mass is 10.1. The molecule has 0 saturated carbocycles. The minimum Gasteiger partial charge on any atom is -0.378 e. The maximum absolute atomic E-state index is 4.32. The quantitative estimate of drug-likeness (QED) is 0.687. The van der Waals surface area contributed by atoms with E-state index in [1.54, 1.807) is 0 Å². The van der Waals surface area contributed by atoms with Crippen LogP contribution in [0.3, 0.4) is 0 Å². The van der Waals surface area contributed by atoms with Gasteiger partial charge in [-0.15, -0.1) is 0 Å². The van der Waals surface area contributed by atoms with Crippen molar-refractivity contribution >= 4 is 5.70 Å². The lowest BCUT2D eigenvalue weighted by Gasteiger charge is -2.16. The van der Waals surface area contributed by atoms with E-state index < -0.39 is 0 Å². The highest BCUT2D eigenvalue weighted by Gasteiger charge is 2.02. The zero-order valence-electron chi connectivity index (χ0n) is 8.76. The van der Waals surface area contributed by atoms with Crippen molar-refractivity contribution in [2.45, 2.75) is 13.8 Å². The van der Waals surface area contributed by atoms with Crippen LogP contribution in [0.5, 0.6) is 0 Å². The van der Waals surface area contributed by atoms with Crippen LogP contribution in [0.1, 0.15) is 17.0 Å². The fourth-order valence-corrected chi connectivity index (χ4v) is 1.26. The Bertz CT molecular complexity index is 307. The first kappa shape index (κ1) is 9.78. The van der Waals surface area contributed by atoms with E-state index in [1.165, 1.54) is 0 Å². The topological polar surface area (TPSA) is 16.1 Å². The second-order valence-electron chi connectivity index (χ2n) is 3.48. The molecule has 0 aliphatic rings. The van der Waals surface area contributed by atoms with Crippen LogP contribution < -0.4 is 0 Å². The standard InChI is InChI=1S/C11H16N2/c1-8-6-11(7-9(2)12-8)10(3)13(4)5/h6-7H,3H2,1-2,4-5H3. The molecule has 2 heteroatoms.